The first-order valence-electron chi connectivity index (χ1n) is 8.79. The van der Waals surface area contributed by atoms with Crippen molar-refractivity contribution < 1.29 is 4.79 Å². The van der Waals surface area contributed by atoms with Gasteiger partial charge in [0.25, 0.3) is 0 Å². The molecule has 0 atom stereocenters. The number of carbonyl (C=O) groups is 1. The van der Waals surface area contributed by atoms with Crippen molar-refractivity contribution in [2.24, 2.45) is 5.92 Å². The molecule has 1 N–H and O–H groups in total. The van der Waals surface area contributed by atoms with Crippen LogP contribution in [0.4, 0.5) is 5.13 Å². The third kappa shape index (κ3) is 5.80. The number of hydrogen-bond acceptors (Lipinski definition) is 4. The molecular formula is C19H24ClN3OS. The van der Waals surface area contributed by atoms with E-state index in [0.29, 0.717) is 23.0 Å². The summed E-state index contributed by atoms with van der Waals surface area (Å²) in [4.78, 5) is 19.1. The molecule has 3 rings (SSSR count). The van der Waals surface area contributed by atoms with Crippen molar-refractivity contribution in [1.82, 2.24) is 9.88 Å². The number of likely N-dealkylation sites (tertiary alicyclic amines) is 1. The molecule has 1 fully saturated rings. The predicted octanol–water partition coefficient (Wildman–Crippen LogP) is 4.60. The van der Waals surface area contributed by atoms with Gasteiger partial charge in [0.1, 0.15) is 0 Å². The summed E-state index contributed by atoms with van der Waals surface area (Å²) in [6.45, 7) is 5.48. The van der Waals surface area contributed by atoms with Crippen LogP contribution in [0.2, 0.25) is 5.02 Å². The molecule has 0 saturated carbocycles. The van der Waals surface area contributed by atoms with Gasteiger partial charge in [-0.2, -0.15) is 0 Å². The van der Waals surface area contributed by atoms with Crippen molar-refractivity contribution in [2.75, 3.05) is 18.4 Å². The molecule has 134 valence electrons. The van der Waals surface area contributed by atoms with Gasteiger partial charge in [-0.3, -0.25) is 9.69 Å². The summed E-state index contributed by atoms with van der Waals surface area (Å²) in [5.74, 6) is 0.838. The Hall–Kier alpha value is -1.43. The number of anilines is 1. The molecule has 1 saturated heterocycles. The van der Waals surface area contributed by atoms with Gasteiger partial charge in [0.2, 0.25) is 5.91 Å². The SMILES string of the molecule is CC1CCN(Cc2csc(NC(=O)CCc3ccc(Cl)cc3)n2)CC1. The van der Waals surface area contributed by atoms with Crippen molar-refractivity contribution in [1.29, 1.82) is 0 Å². The minimum atomic E-state index is 0.00245. The van der Waals surface area contributed by atoms with Crippen LogP contribution in [0.3, 0.4) is 0 Å². The summed E-state index contributed by atoms with van der Waals surface area (Å²) >= 11 is 7.37. The van der Waals surface area contributed by atoms with Crippen molar-refractivity contribution in [3.05, 3.63) is 45.9 Å². The topological polar surface area (TPSA) is 45.2 Å². The van der Waals surface area contributed by atoms with Gasteiger partial charge in [0.05, 0.1) is 5.69 Å². The molecule has 6 heteroatoms. The molecule has 0 aliphatic carbocycles. The number of halogens is 1. The minimum absolute atomic E-state index is 0.00245. The van der Waals surface area contributed by atoms with Gasteiger partial charge in [-0.05, 0) is 56.0 Å². The first kappa shape index (κ1) is 18.4. The normalized spacial score (nSPS) is 16.1. The highest BCUT2D eigenvalue weighted by Gasteiger charge is 2.17. The molecule has 1 aromatic carbocycles. The van der Waals surface area contributed by atoms with Crippen LogP contribution >= 0.6 is 22.9 Å². The largest absolute Gasteiger partial charge is 0.302 e. The van der Waals surface area contributed by atoms with E-state index in [4.69, 9.17) is 11.6 Å². The summed E-state index contributed by atoms with van der Waals surface area (Å²) in [5, 5.41) is 6.37. The number of amides is 1. The van der Waals surface area contributed by atoms with Crippen molar-refractivity contribution >= 4 is 34.0 Å². The molecule has 1 amide bonds. The highest BCUT2D eigenvalue weighted by molar-refractivity contribution is 7.13. The minimum Gasteiger partial charge on any atom is -0.302 e. The first-order valence-corrected chi connectivity index (χ1v) is 10.1. The van der Waals surface area contributed by atoms with Crippen LogP contribution in [-0.2, 0) is 17.8 Å². The fraction of sp³-hybridized carbons (Fsp3) is 0.474. The van der Waals surface area contributed by atoms with E-state index in [1.165, 1.54) is 24.2 Å². The zero-order valence-electron chi connectivity index (χ0n) is 14.5. The highest BCUT2D eigenvalue weighted by Crippen LogP contribution is 2.21. The Bertz CT molecular complexity index is 693. The zero-order chi connectivity index (χ0) is 17.6. The highest BCUT2D eigenvalue weighted by atomic mass is 35.5. The van der Waals surface area contributed by atoms with Crippen molar-refractivity contribution in [3.8, 4) is 0 Å². The number of nitrogens with one attached hydrogen (secondary N) is 1. The lowest BCUT2D eigenvalue weighted by atomic mass is 9.99. The number of thiazole rings is 1. The van der Waals surface area contributed by atoms with Gasteiger partial charge in [0.15, 0.2) is 5.13 Å². The molecule has 4 nitrogen and oxygen atoms in total. The average molecular weight is 378 g/mol. The molecule has 2 heterocycles. The second-order valence-corrected chi connectivity index (χ2v) is 8.07. The van der Waals surface area contributed by atoms with E-state index in [1.807, 2.05) is 29.6 Å². The molecule has 1 aliphatic rings. The lowest BCUT2D eigenvalue weighted by molar-refractivity contribution is -0.116. The van der Waals surface area contributed by atoms with Gasteiger partial charge < -0.3 is 5.32 Å². The van der Waals surface area contributed by atoms with Crippen LogP contribution in [-0.4, -0.2) is 28.9 Å². The fourth-order valence-electron chi connectivity index (χ4n) is 2.98. The Labute approximate surface area is 158 Å². The lowest BCUT2D eigenvalue weighted by Gasteiger charge is -2.29. The van der Waals surface area contributed by atoms with E-state index in [2.05, 4.69) is 22.1 Å². The van der Waals surface area contributed by atoms with Gasteiger partial charge in [-0.15, -0.1) is 11.3 Å². The molecule has 1 aliphatic heterocycles. The third-order valence-corrected chi connectivity index (χ3v) is 5.67. The quantitative estimate of drug-likeness (QED) is 0.800. The van der Waals surface area contributed by atoms with Gasteiger partial charge >= 0.3 is 0 Å². The number of aromatic nitrogens is 1. The number of benzene rings is 1. The zero-order valence-corrected chi connectivity index (χ0v) is 16.1. The number of rotatable bonds is 6. The number of aryl methyl sites for hydroxylation is 1. The first-order chi connectivity index (χ1) is 12.1. The maximum atomic E-state index is 12.1. The fourth-order valence-corrected chi connectivity index (χ4v) is 3.82. The molecule has 0 unspecified atom stereocenters. The van der Waals surface area contributed by atoms with E-state index in [1.54, 1.807) is 0 Å². The van der Waals surface area contributed by atoms with Crippen molar-refractivity contribution in [3.63, 3.8) is 0 Å². The Morgan fingerprint density at radius 3 is 2.76 bits per heavy atom. The molecule has 0 bridgehead atoms. The predicted molar refractivity (Wildman–Crippen MR) is 104 cm³/mol. The number of piperidine rings is 1. The average Bonchev–Trinajstić information content (AvgIpc) is 3.03. The van der Waals surface area contributed by atoms with Crippen molar-refractivity contribution in [2.45, 2.75) is 39.2 Å². The Kier molecular flexibility index (Phi) is 6.45. The maximum Gasteiger partial charge on any atom is 0.226 e. The second kappa shape index (κ2) is 8.79. The summed E-state index contributed by atoms with van der Waals surface area (Å²) in [7, 11) is 0. The van der Waals surface area contributed by atoms with Gasteiger partial charge in [-0.1, -0.05) is 30.7 Å². The smallest absolute Gasteiger partial charge is 0.226 e. The lowest BCUT2D eigenvalue weighted by Crippen LogP contribution is -2.32. The van der Waals surface area contributed by atoms with E-state index < -0.39 is 0 Å². The number of carbonyl (C=O) groups excluding carboxylic acids is 1. The molecule has 25 heavy (non-hydrogen) atoms. The van der Waals surface area contributed by atoms with Gasteiger partial charge in [0, 0.05) is 23.4 Å². The van der Waals surface area contributed by atoms with Crippen LogP contribution < -0.4 is 5.32 Å². The van der Waals surface area contributed by atoms with E-state index in [0.717, 1.165) is 36.8 Å². The maximum absolute atomic E-state index is 12.1. The summed E-state index contributed by atoms with van der Waals surface area (Å²) in [6.07, 6.45) is 3.67. The third-order valence-electron chi connectivity index (χ3n) is 4.61. The standard InChI is InChI=1S/C19H24ClN3OS/c1-14-8-10-23(11-9-14)12-17-13-25-19(21-17)22-18(24)7-4-15-2-5-16(20)6-3-15/h2-3,5-6,13-14H,4,7-12H2,1H3,(H,21,22,24). The van der Waals surface area contributed by atoms with Crippen LogP contribution in [0.15, 0.2) is 29.6 Å². The van der Waals surface area contributed by atoms with Crippen LogP contribution in [0.1, 0.15) is 37.4 Å². The summed E-state index contributed by atoms with van der Waals surface area (Å²) in [5.41, 5.74) is 2.16. The van der Waals surface area contributed by atoms with Gasteiger partial charge in [-0.25, -0.2) is 4.98 Å². The second-order valence-electron chi connectivity index (χ2n) is 6.78. The monoisotopic (exact) mass is 377 g/mol. The van der Waals surface area contributed by atoms with Crippen LogP contribution in [0.25, 0.3) is 0 Å². The summed E-state index contributed by atoms with van der Waals surface area (Å²) in [6, 6.07) is 7.61. The molecule has 2 aromatic rings. The van der Waals surface area contributed by atoms with E-state index in [-0.39, 0.29) is 5.91 Å². The Balaban J connectivity index is 1.44. The Morgan fingerprint density at radius 2 is 2.04 bits per heavy atom. The Morgan fingerprint density at radius 1 is 1.32 bits per heavy atom. The molecule has 0 radical (unpaired) electrons. The molecular weight excluding hydrogens is 354 g/mol. The molecule has 0 spiro atoms. The van der Waals surface area contributed by atoms with Crippen LogP contribution in [0.5, 0.6) is 0 Å². The van der Waals surface area contributed by atoms with Crippen LogP contribution in [0, 0.1) is 5.92 Å². The summed E-state index contributed by atoms with van der Waals surface area (Å²) < 4.78 is 0. The van der Waals surface area contributed by atoms with E-state index >= 15 is 0 Å². The number of hydrogen-bond donors (Lipinski definition) is 1. The molecule has 1 aromatic heterocycles. The number of nitrogens with zero attached hydrogens (tertiary/aromatic N) is 2. The van der Waals surface area contributed by atoms with E-state index in [9.17, 15) is 4.79 Å².